The van der Waals surface area contributed by atoms with E-state index in [9.17, 15) is 0 Å². The summed E-state index contributed by atoms with van der Waals surface area (Å²) in [6.07, 6.45) is 3.16. The molecule has 37 heavy (non-hydrogen) atoms. The molecule has 6 rings (SSSR count). The molecule has 186 valence electrons. The van der Waals surface area contributed by atoms with Crippen LogP contribution in [0.15, 0.2) is 84.9 Å². The van der Waals surface area contributed by atoms with E-state index in [-0.39, 0.29) is 0 Å². The Morgan fingerprint density at radius 2 is 1.62 bits per heavy atom. The van der Waals surface area contributed by atoms with Gasteiger partial charge in [-0.2, -0.15) is 0 Å². The van der Waals surface area contributed by atoms with Gasteiger partial charge in [0.2, 0.25) is 0 Å². The second kappa shape index (κ2) is 10.1. The maximum atomic E-state index is 6.20. The van der Waals surface area contributed by atoms with Crippen LogP contribution in [0.1, 0.15) is 29.9 Å². The van der Waals surface area contributed by atoms with Crippen LogP contribution in [-0.4, -0.2) is 26.3 Å². The summed E-state index contributed by atoms with van der Waals surface area (Å²) < 4.78 is 16.0. The first-order valence-electron chi connectivity index (χ1n) is 12.5. The highest BCUT2D eigenvalue weighted by atomic mass is 32.1. The Morgan fingerprint density at radius 1 is 0.919 bits per heavy atom. The second-order valence-corrected chi connectivity index (χ2v) is 9.50. The fourth-order valence-corrected chi connectivity index (χ4v) is 5.43. The van der Waals surface area contributed by atoms with Crippen LogP contribution in [0.5, 0.6) is 11.5 Å². The second-order valence-electron chi connectivity index (χ2n) is 9.09. The Bertz CT molecular complexity index is 1560. The van der Waals surface area contributed by atoms with Crippen LogP contribution in [-0.2, 0) is 19.6 Å². The zero-order chi connectivity index (χ0) is 25.2. The number of anilines is 1. The number of hydrogen-bond acceptors (Lipinski definition) is 4. The fraction of sp³-hybridized carbons (Fsp3) is 0.200. The summed E-state index contributed by atoms with van der Waals surface area (Å²) in [4.78, 5) is 0.647. The molecule has 0 bridgehead atoms. The number of para-hydroxylation sites is 3. The highest BCUT2D eigenvalue weighted by Gasteiger charge is 2.29. The molecule has 1 aliphatic rings. The van der Waals surface area contributed by atoms with Crippen LogP contribution in [0, 0.1) is 0 Å². The number of rotatable bonds is 7. The number of ether oxygens (including phenoxy) is 2. The topological polar surface area (TPSA) is 52.7 Å². The molecule has 3 heterocycles. The standard InChI is InChI=1S/C30H28N4O2S/c1-35-24-17-8-9-18-25(24)36-20-26-32-34-28(29(37)31-22-14-6-3-7-15-22)27(21-12-4-2-5-13-21)23-16-10-11-19-33(26)30(23)34/h2-9,12-15,17-18H,10-11,16,19-20H2,1H3,(H,31,37). The summed E-state index contributed by atoms with van der Waals surface area (Å²) in [5.41, 5.74) is 6.55. The number of methoxy groups -OCH3 is 1. The lowest BCUT2D eigenvalue weighted by Crippen LogP contribution is -2.15. The van der Waals surface area contributed by atoms with E-state index in [1.54, 1.807) is 7.11 Å². The lowest BCUT2D eigenvalue weighted by Gasteiger charge is -2.12. The van der Waals surface area contributed by atoms with Gasteiger partial charge < -0.3 is 19.4 Å². The van der Waals surface area contributed by atoms with E-state index in [0.29, 0.717) is 23.1 Å². The van der Waals surface area contributed by atoms with Gasteiger partial charge in [-0.05, 0) is 49.1 Å². The molecule has 0 radical (unpaired) electrons. The highest BCUT2D eigenvalue weighted by Crippen LogP contribution is 2.37. The lowest BCUT2D eigenvalue weighted by atomic mass is 9.98. The molecule has 2 aromatic heterocycles. The van der Waals surface area contributed by atoms with E-state index in [2.05, 4.69) is 34.1 Å². The number of nitrogens with zero attached hydrogens (tertiary/aromatic N) is 3. The summed E-state index contributed by atoms with van der Waals surface area (Å²) in [6, 6.07) is 28.2. The van der Waals surface area contributed by atoms with Crippen LogP contribution < -0.4 is 14.8 Å². The Kier molecular flexibility index (Phi) is 6.37. The first-order chi connectivity index (χ1) is 18.2. The van der Waals surface area contributed by atoms with Crippen molar-refractivity contribution in [3.8, 4) is 22.6 Å². The van der Waals surface area contributed by atoms with Crippen molar-refractivity contribution in [3.05, 3.63) is 102 Å². The van der Waals surface area contributed by atoms with E-state index in [4.69, 9.17) is 26.8 Å². The average Bonchev–Trinajstić information content (AvgIpc) is 3.35. The molecule has 1 aliphatic heterocycles. The number of aryl methyl sites for hydroxylation is 2. The van der Waals surface area contributed by atoms with Gasteiger partial charge in [0, 0.05) is 23.4 Å². The maximum absolute atomic E-state index is 6.20. The molecule has 0 spiro atoms. The van der Waals surface area contributed by atoms with Crippen molar-refractivity contribution in [1.29, 1.82) is 0 Å². The van der Waals surface area contributed by atoms with Crippen molar-refractivity contribution in [3.63, 3.8) is 0 Å². The smallest absolute Gasteiger partial charge is 0.169 e. The van der Waals surface area contributed by atoms with Gasteiger partial charge in [0.15, 0.2) is 17.3 Å². The summed E-state index contributed by atoms with van der Waals surface area (Å²) in [5.74, 6) is 2.27. The van der Waals surface area contributed by atoms with E-state index in [1.807, 2.05) is 65.2 Å². The highest BCUT2D eigenvalue weighted by molar-refractivity contribution is 7.81. The van der Waals surface area contributed by atoms with Crippen molar-refractivity contribution in [2.45, 2.75) is 32.4 Å². The molecule has 3 aromatic carbocycles. The quantitative estimate of drug-likeness (QED) is 0.254. The molecule has 5 aromatic rings. The molecule has 0 amide bonds. The zero-order valence-corrected chi connectivity index (χ0v) is 21.5. The van der Waals surface area contributed by atoms with Gasteiger partial charge >= 0.3 is 0 Å². The van der Waals surface area contributed by atoms with Crippen LogP contribution in [0.3, 0.4) is 0 Å². The monoisotopic (exact) mass is 508 g/mol. The van der Waals surface area contributed by atoms with Gasteiger partial charge in [-0.15, -0.1) is 5.10 Å². The molecule has 0 aliphatic carbocycles. The van der Waals surface area contributed by atoms with Crippen LogP contribution in [0.25, 0.3) is 16.8 Å². The predicted molar refractivity (Wildman–Crippen MR) is 151 cm³/mol. The minimum absolute atomic E-state index is 0.334. The van der Waals surface area contributed by atoms with Gasteiger partial charge in [0.25, 0.3) is 0 Å². The molecule has 0 saturated carbocycles. The summed E-state index contributed by atoms with van der Waals surface area (Å²) in [6.45, 7) is 1.22. The van der Waals surface area contributed by atoms with Crippen molar-refractivity contribution in [1.82, 2.24) is 14.2 Å². The third kappa shape index (κ3) is 4.36. The fourth-order valence-electron chi connectivity index (χ4n) is 5.13. The molecular weight excluding hydrogens is 480 g/mol. The Hall–Kier alpha value is -4.10. The van der Waals surface area contributed by atoms with Crippen LogP contribution in [0.4, 0.5) is 5.69 Å². The largest absolute Gasteiger partial charge is 0.493 e. The molecule has 7 heteroatoms. The third-order valence-electron chi connectivity index (χ3n) is 6.80. The summed E-state index contributed by atoms with van der Waals surface area (Å²) in [7, 11) is 1.65. The summed E-state index contributed by atoms with van der Waals surface area (Å²) >= 11 is 6.03. The lowest BCUT2D eigenvalue weighted by molar-refractivity contribution is 0.271. The van der Waals surface area contributed by atoms with Crippen LogP contribution in [0.2, 0.25) is 0 Å². The van der Waals surface area contributed by atoms with Gasteiger partial charge in [0.1, 0.15) is 22.9 Å². The molecule has 1 N–H and O–H groups in total. The number of benzene rings is 3. The normalized spacial score (nSPS) is 12.8. The molecule has 0 unspecified atom stereocenters. The van der Waals surface area contributed by atoms with Gasteiger partial charge in [-0.1, -0.05) is 72.9 Å². The van der Waals surface area contributed by atoms with Gasteiger partial charge in [-0.25, -0.2) is 4.52 Å². The van der Waals surface area contributed by atoms with Gasteiger partial charge in [0.05, 0.1) is 7.11 Å². The predicted octanol–water partition coefficient (Wildman–Crippen LogP) is 6.51. The molecule has 0 fully saturated rings. The minimum Gasteiger partial charge on any atom is -0.493 e. The average molecular weight is 509 g/mol. The van der Waals surface area contributed by atoms with Crippen molar-refractivity contribution >= 4 is 28.5 Å². The number of hydrogen-bond donors (Lipinski definition) is 1. The molecule has 0 saturated heterocycles. The van der Waals surface area contributed by atoms with E-state index in [1.165, 1.54) is 5.56 Å². The Labute approximate surface area is 221 Å². The van der Waals surface area contributed by atoms with Crippen molar-refractivity contribution < 1.29 is 9.47 Å². The van der Waals surface area contributed by atoms with Crippen molar-refractivity contribution in [2.75, 3.05) is 12.4 Å². The third-order valence-corrected chi connectivity index (χ3v) is 7.09. The first kappa shape index (κ1) is 23.3. The van der Waals surface area contributed by atoms with Gasteiger partial charge in [-0.3, -0.25) is 0 Å². The summed E-state index contributed by atoms with van der Waals surface area (Å²) in [5, 5.41) is 8.54. The van der Waals surface area contributed by atoms with E-state index in [0.717, 1.165) is 59.8 Å². The van der Waals surface area contributed by atoms with Crippen molar-refractivity contribution in [2.24, 2.45) is 0 Å². The SMILES string of the molecule is COc1ccccc1OCc1nn2c(C(=S)Nc3ccccc3)c(-c3ccccc3)c3c2n1CCCC3. The number of thiocarbonyl (C=S) groups is 1. The van der Waals surface area contributed by atoms with Crippen LogP contribution >= 0.6 is 12.2 Å². The number of aromatic nitrogens is 3. The first-order valence-corrected chi connectivity index (χ1v) is 13.0. The Balaban J connectivity index is 1.48. The maximum Gasteiger partial charge on any atom is 0.169 e. The minimum atomic E-state index is 0.334. The molecule has 0 atom stereocenters. The molecule has 6 nitrogen and oxygen atoms in total. The van der Waals surface area contributed by atoms with E-state index < -0.39 is 0 Å². The zero-order valence-electron chi connectivity index (χ0n) is 20.7. The Morgan fingerprint density at radius 3 is 2.38 bits per heavy atom. The molecular formula is C30H28N4O2S. The van der Waals surface area contributed by atoms with E-state index >= 15 is 0 Å². The number of nitrogens with one attached hydrogen (secondary N) is 1.